The smallest absolute Gasteiger partial charge is 0.263 e. The lowest BCUT2D eigenvalue weighted by molar-refractivity contribution is -0.117. The van der Waals surface area contributed by atoms with Crippen molar-refractivity contribution in [1.29, 1.82) is 5.26 Å². The van der Waals surface area contributed by atoms with E-state index in [1.54, 1.807) is 18.2 Å². The number of hydrogen-bond donors (Lipinski definition) is 3. The number of nitrogens with zero attached hydrogens (tertiary/aromatic N) is 1. The molecule has 0 bridgehead atoms. The largest absolute Gasteiger partial charge is 0.506 e. The van der Waals surface area contributed by atoms with Gasteiger partial charge in [0.15, 0.2) is 0 Å². The quantitative estimate of drug-likeness (QED) is 0.429. The van der Waals surface area contributed by atoms with Crippen LogP contribution in [0.4, 0.5) is 5.69 Å². The standard InChI is InChI=1S/C14H17N3O2/c1-3-6-16-14(19)11(8-15)9-17-12-7-10(2)4-5-13(12)18/h4-5,7,9,17-18H,3,6H2,1-2H3,(H,16,19)/b11-9-. The topological polar surface area (TPSA) is 85.2 Å². The first-order chi connectivity index (χ1) is 9.08. The van der Waals surface area contributed by atoms with Crippen LogP contribution >= 0.6 is 0 Å². The third-order valence-electron chi connectivity index (χ3n) is 2.42. The van der Waals surface area contributed by atoms with Gasteiger partial charge in [0, 0.05) is 12.7 Å². The number of nitrogens with one attached hydrogen (secondary N) is 2. The highest BCUT2D eigenvalue weighted by atomic mass is 16.3. The Balaban J connectivity index is 2.80. The van der Waals surface area contributed by atoms with Gasteiger partial charge in [0.25, 0.3) is 5.91 Å². The summed E-state index contributed by atoms with van der Waals surface area (Å²) in [6.07, 6.45) is 2.09. The van der Waals surface area contributed by atoms with Crippen LogP contribution in [0.3, 0.4) is 0 Å². The molecule has 0 unspecified atom stereocenters. The molecule has 5 nitrogen and oxygen atoms in total. The normalized spacial score (nSPS) is 10.7. The van der Waals surface area contributed by atoms with Crippen LogP contribution in [0.2, 0.25) is 0 Å². The van der Waals surface area contributed by atoms with Gasteiger partial charge in [-0.05, 0) is 31.0 Å². The van der Waals surface area contributed by atoms with Gasteiger partial charge in [-0.3, -0.25) is 4.79 Å². The molecule has 0 aliphatic carbocycles. The highest BCUT2D eigenvalue weighted by Gasteiger charge is 2.08. The summed E-state index contributed by atoms with van der Waals surface area (Å²) in [6, 6.07) is 6.86. The number of aryl methyl sites for hydroxylation is 1. The summed E-state index contributed by atoms with van der Waals surface area (Å²) in [4.78, 5) is 11.6. The van der Waals surface area contributed by atoms with Gasteiger partial charge in [0.05, 0.1) is 5.69 Å². The minimum Gasteiger partial charge on any atom is -0.506 e. The number of rotatable bonds is 5. The lowest BCUT2D eigenvalue weighted by atomic mass is 10.2. The van der Waals surface area contributed by atoms with E-state index in [9.17, 15) is 9.90 Å². The van der Waals surface area contributed by atoms with Gasteiger partial charge in [0.2, 0.25) is 0 Å². The third kappa shape index (κ3) is 4.36. The summed E-state index contributed by atoms with van der Waals surface area (Å²) in [7, 11) is 0. The van der Waals surface area contributed by atoms with Gasteiger partial charge in [-0.25, -0.2) is 0 Å². The van der Waals surface area contributed by atoms with E-state index in [1.165, 1.54) is 6.20 Å². The van der Waals surface area contributed by atoms with Gasteiger partial charge < -0.3 is 15.7 Å². The van der Waals surface area contributed by atoms with Gasteiger partial charge in [-0.15, -0.1) is 0 Å². The fraction of sp³-hybridized carbons (Fsp3) is 0.286. The van der Waals surface area contributed by atoms with Gasteiger partial charge in [-0.1, -0.05) is 13.0 Å². The minimum atomic E-state index is -0.427. The Morgan fingerprint density at radius 3 is 2.89 bits per heavy atom. The summed E-state index contributed by atoms with van der Waals surface area (Å²) >= 11 is 0. The molecule has 1 aromatic carbocycles. The van der Waals surface area contributed by atoms with Crippen LogP contribution in [0.1, 0.15) is 18.9 Å². The predicted molar refractivity (Wildman–Crippen MR) is 73.5 cm³/mol. The molecule has 1 rings (SSSR count). The van der Waals surface area contributed by atoms with E-state index in [-0.39, 0.29) is 11.3 Å². The first-order valence-corrected chi connectivity index (χ1v) is 6.03. The molecule has 0 radical (unpaired) electrons. The van der Waals surface area contributed by atoms with Crippen molar-refractivity contribution in [2.75, 3.05) is 11.9 Å². The van der Waals surface area contributed by atoms with E-state index in [2.05, 4.69) is 10.6 Å². The van der Waals surface area contributed by atoms with E-state index in [4.69, 9.17) is 5.26 Å². The highest BCUT2D eigenvalue weighted by Crippen LogP contribution is 2.23. The van der Waals surface area contributed by atoms with E-state index in [0.29, 0.717) is 12.2 Å². The third-order valence-corrected chi connectivity index (χ3v) is 2.42. The maximum atomic E-state index is 11.6. The molecule has 3 N–H and O–H groups in total. The molecular formula is C14H17N3O2. The Bertz CT molecular complexity index is 530. The SMILES string of the molecule is CCCNC(=O)/C(C#N)=C\Nc1cc(C)ccc1O. The van der Waals surface area contributed by atoms with Crippen molar-refractivity contribution in [3.63, 3.8) is 0 Å². The molecule has 0 aliphatic rings. The molecule has 0 saturated heterocycles. The molecule has 0 atom stereocenters. The van der Waals surface area contributed by atoms with Crippen molar-refractivity contribution >= 4 is 11.6 Å². The van der Waals surface area contributed by atoms with Crippen LogP contribution in [0, 0.1) is 18.3 Å². The zero-order chi connectivity index (χ0) is 14.3. The summed E-state index contributed by atoms with van der Waals surface area (Å²) in [5, 5.41) is 23.9. The second-order valence-electron chi connectivity index (χ2n) is 4.09. The Kier molecular flexibility index (Phi) is 5.42. The number of phenols is 1. The Morgan fingerprint density at radius 1 is 1.53 bits per heavy atom. The molecular weight excluding hydrogens is 242 g/mol. The molecule has 0 heterocycles. The summed E-state index contributed by atoms with van der Waals surface area (Å²) in [5.41, 5.74) is 1.38. The van der Waals surface area contributed by atoms with Crippen molar-refractivity contribution in [3.05, 3.63) is 35.5 Å². The Morgan fingerprint density at radius 2 is 2.26 bits per heavy atom. The second kappa shape index (κ2) is 7.07. The minimum absolute atomic E-state index is 0.0330. The van der Waals surface area contributed by atoms with Crippen molar-refractivity contribution in [1.82, 2.24) is 5.32 Å². The molecule has 1 amide bonds. The first kappa shape index (κ1) is 14.6. The number of nitriles is 1. The number of aromatic hydroxyl groups is 1. The van der Waals surface area contributed by atoms with Crippen molar-refractivity contribution in [3.8, 4) is 11.8 Å². The monoisotopic (exact) mass is 259 g/mol. The van der Waals surface area contributed by atoms with Crippen LogP contribution in [0.25, 0.3) is 0 Å². The fourth-order valence-corrected chi connectivity index (χ4v) is 1.40. The molecule has 5 heteroatoms. The highest BCUT2D eigenvalue weighted by molar-refractivity contribution is 5.97. The van der Waals surface area contributed by atoms with E-state index in [1.807, 2.05) is 19.9 Å². The average molecular weight is 259 g/mol. The Hall–Kier alpha value is -2.48. The number of anilines is 1. The zero-order valence-corrected chi connectivity index (χ0v) is 11.0. The van der Waals surface area contributed by atoms with Gasteiger partial charge in [0.1, 0.15) is 17.4 Å². The summed E-state index contributed by atoms with van der Waals surface area (Å²) in [5.74, 6) is -0.364. The maximum absolute atomic E-state index is 11.6. The predicted octanol–water partition coefficient (Wildman–Crippen LogP) is 2.05. The Labute approximate surface area is 112 Å². The van der Waals surface area contributed by atoms with Crippen LogP contribution in [0.15, 0.2) is 30.0 Å². The van der Waals surface area contributed by atoms with Crippen LogP contribution < -0.4 is 10.6 Å². The number of amides is 1. The maximum Gasteiger partial charge on any atom is 0.263 e. The lowest BCUT2D eigenvalue weighted by Gasteiger charge is -2.06. The summed E-state index contributed by atoms with van der Waals surface area (Å²) in [6.45, 7) is 4.33. The summed E-state index contributed by atoms with van der Waals surface area (Å²) < 4.78 is 0. The van der Waals surface area contributed by atoms with Gasteiger partial charge in [-0.2, -0.15) is 5.26 Å². The molecule has 0 aromatic heterocycles. The van der Waals surface area contributed by atoms with Crippen molar-refractivity contribution in [2.45, 2.75) is 20.3 Å². The van der Waals surface area contributed by atoms with Crippen molar-refractivity contribution < 1.29 is 9.90 Å². The number of hydrogen-bond acceptors (Lipinski definition) is 4. The number of carbonyl (C=O) groups excluding carboxylic acids is 1. The molecule has 0 saturated carbocycles. The molecule has 0 spiro atoms. The number of benzene rings is 1. The average Bonchev–Trinajstić information content (AvgIpc) is 2.40. The van der Waals surface area contributed by atoms with E-state index < -0.39 is 5.91 Å². The van der Waals surface area contributed by atoms with Crippen LogP contribution in [-0.4, -0.2) is 17.6 Å². The molecule has 19 heavy (non-hydrogen) atoms. The van der Waals surface area contributed by atoms with E-state index in [0.717, 1.165) is 12.0 Å². The number of phenolic OH excluding ortho intramolecular Hbond substituents is 1. The van der Waals surface area contributed by atoms with E-state index >= 15 is 0 Å². The molecule has 0 fully saturated rings. The first-order valence-electron chi connectivity index (χ1n) is 6.03. The molecule has 100 valence electrons. The molecule has 1 aromatic rings. The lowest BCUT2D eigenvalue weighted by Crippen LogP contribution is -2.25. The second-order valence-corrected chi connectivity index (χ2v) is 4.09. The number of carbonyl (C=O) groups is 1. The van der Waals surface area contributed by atoms with Gasteiger partial charge >= 0.3 is 0 Å². The fourth-order valence-electron chi connectivity index (χ4n) is 1.40. The van der Waals surface area contributed by atoms with Crippen molar-refractivity contribution in [2.24, 2.45) is 0 Å². The molecule has 0 aliphatic heterocycles. The zero-order valence-electron chi connectivity index (χ0n) is 11.0. The van der Waals surface area contributed by atoms with Crippen LogP contribution in [-0.2, 0) is 4.79 Å². The van der Waals surface area contributed by atoms with Crippen LogP contribution in [0.5, 0.6) is 5.75 Å².